The van der Waals surface area contributed by atoms with E-state index in [1.807, 2.05) is 42.0 Å². The third-order valence-electron chi connectivity index (χ3n) is 3.03. The number of rotatable bonds is 4. The smallest absolute Gasteiger partial charge is 0.123 e. The molecule has 0 aliphatic heterocycles. The van der Waals surface area contributed by atoms with Gasteiger partial charge in [0.05, 0.1) is 5.69 Å². The SMILES string of the molecule is Cc1ccc(CNc2cccc(-n3cnnc3)c2)cn1. The minimum Gasteiger partial charge on any atom is -0.381 e. The van der Waals surface area contributed by atoms with Gasteiger partial charge in [-0.15, -0.1) is 10.2 Å². The van der Waals surface area contributed by atoms with Crippen molar-refractivity contribution in [1.82, 2.24) is 19.7 Å². The zero-order chi connectivity index (χ0) is 13.8. The van der Waals surface area contributed by atoms with Crippen LogP contribution in [0.3, 0.4) is 0 Å². The third kappa shape index (κ3) is 2.83. The molecule has 0 radical (unpaired) electrons. The van der Waals surface area contributed by atoms with Crippen molar-refractivity contribution in [1.29, 1.82) is 0 Å². The summed E-state index contributed by atoms with van der Waals surface area (Å²) in [4.78, 5) is 4.29. The van der Waals surface area contributed by atoms with E-state index in [1.54, 1.807) is 12.7 Å². The fourth-order valence-electron chi connectivity index (χ4n) is 1.92. The molecule has 0 unspecified atom stereocenters. The Morgan fingerprint density at radius 1 is 1.10 bits per heavy atom. The lowest BCUT2D eigenvalue weighted by atomic mass is 10.2. The molecule has 0 spiro atoms. The van der Waals surface area contributed by atoms with Crippen LogP contribution in [-0.2, 0) is 6.54 Å². The monoisotopic (exact) mass is 265 g/mol. The number of aromatic nitrogens is 4. The minimum atomic E-state index is 0.749. The van der Waals surface area contributed by atoms with Gasteiger partial charge in [0.15, 0.2) is 0 Å². The Morgan fingerprint density at radius 3 is 2.70 bits per heavy atom. The highest BCUT2D eigenvalue weighted by atomic mass is 15.2. The molecule has 0 aliphatic carbocycles. The first-order chi connectivity index (χ1) is 9.81. The van der Waals surface area contributed by atoms with Gasteiger partial charge in [-0.25, -0.2) is 0 Å². The number of hydrogen-bond acceptors (Lipinski definition) is 4. The van der Waals surface area contributed by atoms with E-state index in [0.717, 1.165) is 29.2 Å². The molecule has 1 aromatic carbocycles. The van der Waals surface area contributed by atoms with E-state index in [1.165, 1.54) is 0 Å². The van der Waals surface area contributed by atoms with Crippen molar-refractivity contribution in [3.8, 4) is 5.69 Å². The zero-order valence-electron chi connectivity index (χ0n) is 11.2. The first-order valence-corrected chi connectivity index (χ1v) is 6.42. The molecule has 2 aromatic heterocycles. The second-order valence-electron chi connectivity index (χ2n) is 4.58. The summed E-state index contributed by atoms with van der Waals surface area (Å²) >= 11 is 0. The summed E-state index contributed by atoms with van der Waals surface area (Å²) in [6.07, 6.45) is 5.26. The molecule has 3 aromatic rings. The van der Waals surface area contributed by atoms with Crippen LogP contribution < -0.4 is 5.32 Å². The van der Waals surface area contributed by atoms with Gasteiger partial charge in [-0.2, -0.15) is 0 Å². The Kier molecular flexibility index (Phi) is 3.41. The second kappa shape index (κ2) is 5.52. The third-order valence-corrected chi connectivity index (χ3v) is 3.03. The van der Waals surface area contributed by atoms with Crippen molar-refractivity contribution in [2.75, 3.05) is 5.32 Å². The van der Waals surface area contributed by atoms with Crippen LogP contribution in [0, 0.1) is 6.92 Å². The molecule has 0 aliphatic rings. The van der Waals surface area contributed by atoms with Crippen LogP contribution in [0.2, 0.25) is 0 Å². The van der Waals surface area contributed by atoms with Crippen LogP contribution >= 0.6 is 0 Å². The Labute approximate surface area is 117 Å². The molecule has 20 heavy (non-hydrogen) atoms. The summed E-state index contributed by atoms with van der Waals surface area (Å²) in [6, 6.07) is 12.2. The molecule has 0 bridgehead atoms. The standard InChI is InChI=1S/C15H15N5/c1-12-5-6-13(8-16-12)9-17-14-3-2-4-15(7-14)20-10-18-19-11-20/h2-8,10-11,17H,9H2,1H3. The van der Waals surface area contributed by atoms with Crippen molar-refractivity contribution >= 4 is 5.69 Å². The normalized spacial score (nSPS) is 10.4. The topological polar surface area (TPSA) is 55.6 Å². The fourth-order valence-corrected chi connectivity index (χ4v) is 1.92. The Hall–Kier alpha value is -2.69. The highest BCUT2D eigenvalue weighted by Gasteiger charge is 1.99. The first-order valence-electron chi connectivity index (χ1n) is 6.42. The Balaban J connectivity index is 1.72. The zero-order valence-corrected chi connectivity index (χ0v) is 11.2. The number of hydrogen-bond donors (Lipinski definition) is 1. The van der Waals surface area contributed by atoms with Gasteiger partial charge in [0.25, 0.3) is 0 Å². The van der Waals surface area contributed by atoms with E-state index >= 15 is 0 Å². The van der Waals surface area contributed by atoms with E-state index in [2.05, 4.69) is 32.6 Å². The molecule has 0 saturated carbocycles. The van der Waals surface area contributed by atoms with E-state index < -0.39 is 0 Å². The molecule has 0 fully saturated rings. The molecule has 3 rings (SSSR count). The van der Waals surface area contributed by atoms with Crippen LogP contribution in [-0.4, -0.2) is 19.7 Å². The summed E-state index contributed by atoms with van der Waals surface area (Å²) in [6.45, 7) is 2.73. The molecule has 0 atom stereocenters. The Bertz CT molecular complexity index is 674. The summed E-state index contributed by atoms with van der Waals surface area (Å²) in [5, 5.41) is 11.0. The van der Waals surface area contributed by atoms with Gasteiger partial charge in [0.1, 0.15) is 12.7 Å². The molecular weight excluding hydrogens is 250 g/mol. The fraction of sp³-hybridized carbons (Fsp3) is 0.133. The molecule has 2 heterocycles. The number of nitrogens with one attached hydrogen (secondary N) is 1. The van der Waals surface area contributed by atoms with Crippen molar-refractivity contribution < 1.29 is 0 Å². The van der Waals surface area contributed by atoms with E-state index in [0.29, 0.717) is 0 Å². The van der Waals surface area contributed by atoms with Gasteiger partial charge in [-0.1, -0.05) is 12.1 Å². The minimum absolute atomic E-state index is 0.749. The van der Waals surface area contributed by atoms with Crippen LogP contribution in [0.4, 0.5) is 5.69 Å². The summed E-state index contributed by atoms with van der Waals surface area (Å²) < 4.78 is 1.87. The number of anilines is 1. The van der Waals surface area contributed by atoms with Gasteiger partial charge >= 0.3 is 0 Å². The second-order valence-corrected chi connectivity index (χ2v) is 4.58. The number of benzene rings is 1. The van der Waals surface area contributed by atoms with E-state index in [4.69, 9.17) is 0 Å². The predicted molar refractivity (Wildman–Crippen MR) is 77.7 cm³/mol. The average molecular weight is 265 g/mol. The van der Waals surface area contributed by atoms with Gasteiger partial charge in [0.2, 0.25) is 0 Å². The molecular formula is C15H15N5. The lowest BCUT2D eigenvalue weighted by Crippen LogP contribution is -2.01. The van der Waals surface area contributed by atoms with Gasteiger partial charge in [-0.3, -0.25) is 9.55 Å². The number of nitrogens with zero attached hydrogens (tertiary/aromatic N) is 4. The molecule has 5 heteroatoms. The molecule has 100 valence electrons. The first kappa shape index (κ1) is 12.3. The maximum atomic E-state index is 4.29. The van der Waals surface area contributed by atoms with Crippen molar-refractivity contribution in [2.24, 2.45) is 0 Å². The van der Waals surface area contributed by atoms with Crippen LogP contribution in [0.1, 0.15) is 11.3 Å². The quantitative estimate of drug-likeness (QED) is 0.787. The highest BCUT2D eigenvalue weighted by molar-refractivity contribution is 5.51. The van der Waals surface area contributed by atoms with Crippen molar-refractivity contribution in [2.45, 2.75) is 13.5 Å². The van der Waals surface area contributed by atoms with Crippen molar-refractivity contribution in [3.05, 3.63) is 66.5 Å². The molecule has 5 nitrogen and oxygen atoms in total. The summed E-state index contributed by atoms with van der Waals surface area (Å²) in [5.41, 5.74) is 4.27. The van der Waals surface area contributed by atoms with E-state index in [-0.39, 0.29) is 0 Å². The molecule has 0 amide bonds. The predicted octanol–water partition coefficient (Wildman–Crippen LogP) is 2.58. The highest BCUT2D eigenvalue weighted by Crippen LogP contribution is 2.15. The molecule has 1 N–H and O–H groups in total. The van der Waals surface area contributed by atoms with Gasteiger partial charge in [0, 0.05) is 24.1 Å². The van der Waals surface area contributed by atoms with Crippen LogP contribution in [0.5, 0.6) is 0 Å². The van der Waals surface area contributed by atoms with Gasteiger partial charge < -0.3 is 5.32 Å². The average Bonchev–Trinajstić information content (AvgIpc) is 3.01. The van der Waals surface area contributed by atoms with E-state index in [9.17, 15) is 0 Å². The maximum Gasteiger partial charge on any atom is 0.123 e. The molecule has 0 saturated heterocycles. The summed E-state index contributed by atoms with van der Waals surface area (Å²) in [5.74, 6) is 0. The lowest BCUT2D eigenvalue weighted by molar-refractivity contribution is 1.05. The van der Waals surface area contributed by atoms with Gasteiger partial charge in [-0.05, 0) is 36.8 Å². The Morgan fingerprint density at radius 2 is 1.95 bits per heavy atom. The van der Waals surface area contributed by atoms with Crippen LogP contribution in [0.15, 0.2) is 55.2 Å². The number of pyridine rings is 1. The maximum absolute atomic E-state index is 4.29. The summed E-state index contributed by atoms with van der Waals surface area (Å²) in [7, 11) is 0. The van der Waals surface area contributed by atoms with Crippen LogP contribution in [0.25, 0.3) is 5.69 Å². The lowest BCUT2D eigenvalue weighted by Gasteiger charge is -2.08. The largest absolute Gasteiger partial charge is 0.381 e. The number of aryl methyl sites for hydroxylation is 1. The van der Waals surface area contributed by atoms with Crippen molar-refractivity contribution in [3.63, 3.8) is 0 Å².